The molecule has 0 aliphatic heterocycles. The van der Waals surface area contributed by atoms with Crippen LogP contribution < -0.4 is 10.5 Å². The number of hydrogen-bond donors (Lipinski definition) is 1. The summed E-state index contributed by atoms with van der Waals surface area (Å²) in [6.45, 7) is 2.62. The molecule has 0 radical (unpaired) electrons. The van der Waals surface area contributed by atoms with Crippen LogP contribution >= 0.6 is 15.9 Å². The molecule has 16 heavy (non-hydrogen) atoms. The average molecular weight is 287 g/mol. The molecular weight excluding hydrogens is 268 g/mol. The molecule has 0 aliphatic rings. The van der Waals surface area contributed by atoms with Crippen LogP contribution in [0.25, 0.3) is 0 Å². The predicted octanol–water partition coefficient (Wildman–Crippen LogP) is 1.89. The van der Waals surface area contributed by atoms with Gasteiger partial charge in [-0.15, -0.1) is 0 Å². The average Bonchev–Trinajstić information content (AvgIpc) is 2.27. The maximum Gasteiger partial charge on any atom is 0.122 e. The monoisotopic (exact) mass is 286 g/mol. The SMILES string of the molecule is COc1ccc(Br)cc1CCN(C)CCN. The Bertz CT molecular complexity index is 331. The van der Waals surface area contributed by atoms with Gasteiger partial charge in [-0.3, -0.25) is 0 Å². The van der Waals surface area contributed by atoms with Crippen LogP contribution in [0.4, 0.5) is 0 Å². The van der Waals surface area contributed by atoms with Crippen LogP contribution in [0.1, 0.15) is 5.56 Å². The molecule has 0 unspecified atom stereocenters. The summed E-state index contributed by atoms with van der Waals surface area (Å²) in [6.07, 6.45) is 0.971. The van der Waals surface area contributed by atoms with Gasteiger partial charge in [0.2, 0.25) is 0 Å². The van der Waals surface area contributed by atoms with Crippen molar-refractivity contribution in [3.8, 4) is 5.75 Å². The zero-order valence-electron chi connectivity index (χ0n) is 9.87. The zero-order chi connectivity index (χ0) is 12.0. The minimum atomic E-state index is 0.701. The Morgan fingerprint density at radius 2 is 2.12 bits per heavy atom. The van der Waals surface area contributed by atoms with Crippen molar-refractivity contribution in [1.82, 2.24) is 4.90 Å². The van der Waals surface area contributed by atoms with Gasteiger partial charge in [0.25, 0.3) is 0 Å². The van der Waals surface area contributed by atoms with E-state index in [1.165, 1.54) is 5.56 Å². The van der Waals surface area contributed by atoms with E-state index >= 15 is 0 Å². The van der Waals surface area contributed by atoms with Crippen molar-refractivity contribution in [1.29, 1.82) is 0 Å². The van der Waals surface area contributed by atoms with Crippen LogP contribution in [0.5, 0.6) is 5.75 Å². The van der Waals surface area contributed by atoms with Gasteiger partial charge in [-0.05, 0) is 37.2 Å². The highest BCUT2D eigenvalue weighted by Crippen LogP contribution is 2.23. The fraction of sp³-hybridized carbons (Fsp3) is 0.500. The molecule has 3 nitrogen and oxygen atoms in total. The molecule has 0 aliphatic carbocycles. The van der Waals surface area contributed by atoms with E-state index in [2.05, 4.69) is 33.9 Å². The van der Waals surface area contributed by atoms with E-state index in [1.807, 2.05) is 12.1 Å². The summed E-state index contributed by atoms with van der Waals surface area (Å²) in [5.41, 5.74) is 6.73. The highest BCUT2D eigenvalue weighted by molar-refractivity contribution is 9.10. The summed E-state index contributed by atoms with van der Waals surface area (Å²) >= 11 is 3.47. The first-order valence-electron chi connectivity index (χ1n) is 5.38. The van der Waals surface area contributed by atoms with Gasteiger partial charge < -0.3 is 15.4 Å². The van der Waals surface area contributed by atoms with E-state index in [9.17, 15) is 0 Å². The summed E-state index contributed by atoms with van der Waals surface area (Å²) in [4.78, 5) is 2.22. The Morgan fingerprint density at radius 3 is 2.75 bits per heavy atom. The lowest BCUT2D eigenvalue weighted by Crippen LogP contribution is -2.27. The Labute approximate surface area is 106 Å². The molecule has 1 aromatic rings. The summed E-state index contributed by atoms with van der Waals surface area (Å²) in [5, 5.41) is 0. The number of benzene rings is 1. The summed E-state index contributed by atoms with van der Waals surface area (Å²) in [6, 6.07) is 6.09. The number of methoxy groups -OCH3 is 1. The second-order valence-electron chi connectivity index (χ2n) is 3.80. The fourth-order valence-electron chi connectivity index (χ4n) is 1.59. The largest absolute Gasteiger partial charge is 0.496 e. The van der Waals surface area contributed by atoms with Crippen molar-refractivity contribution in [2.45, 2.75) is 6.42 Å². The van der Waals surface area contributed by atoms with Crippen molar-refractivity contribution in [3.63, 3.8) is 0 Å². The topological polar surface area (TPSA) is 38.5 Å². The van der Waals surface area contributed by atoms with Crippen LogP contribution in [-0.4, -0.2) is 38.7 Å². The lowest BCUT2D eigenvalue weighted by Gasteiger charge is -2.16. The lowest BCUT2D eigenvalue weighted by atomic mass is 10.1. The van der Waals surface area contributed by atoms with E-state index in [0.717, 1.165) is 29.7 Å². The molecular formula is C12H19BrN2O. The van der Waals surface area contributed by atoms with Crippen LogP contribution in [-0.2, 0) is 6.42 Å². The smallest absolute Gasteiger partial charge is 0.122 e. The summed E-state index contributed by atoms with van der Waals surface area (Å²) in [7, 11) is 3.79. The molecule has 0 heterocycles. The molecule has 1 aromatic carbocycles. The number of halogens is 1. The number of nitrogens with two attached hydrogens (primary N) is 1. The molecule has 0 fully saturated rings. The molecule has 0 saturated heterocycles. The minimum Gasteiger partial charge on any atom is -0.496 e. The third kappa shape index (κ3) is 4.12. The first kappa shape index (κ1) is 13.5. The molecule has 0 bridgehead atoms. The van der Waals surface area contributed by atoms with Gasteiger partial charge in [0, 0.05) is 24.1 Å². The van der Waals surface area contributed by atoms with Crippen LogP contribution in [0.2, 0.25) is 0 Å². The van der Waals surface area contributed by atoms with E-state index < -0.39 is 0 Å². The number of rotatable bonds is 6. The number of nitrogens with zero attached hydrogens (tertiary/aromatic N) is 1. The first-order valence-corrected chi connectivity index (χ1v) is 6.17. The normalized spacial score (nSPS) is 10.8. The number of likely N-dealkylation sites (N-methyl/N-ethyl adjacent to an activating group) is 1. The number of ether oxygens (including phenoxy) is 1. The maximum absolute atomic E-state index is 5.50. The Balaban J connectivity index is 2.61. The van der Waals surface area contributed by atoms with E-state index in [-0.39, 0.29) is 0 Å². The molecule has 4 heteroatoms. The van der Waals surface area contributed by atoms with E-state index in [1.54, 1.807) is 7.11 Å². The molecule has 2 N–H and O–H groups in total. The van der Waals surface area contributed by atoms with Crippen molar-refractivity contribution in [2.75, 3.05) is 33.8 Å². The van der Waals surface area contributed by atoms with Crippen LogP contribution in [0.3, 0.4) is 0 Å². The lowest BCUT2D eigenvalue weighted by molar-refractivity contribution is 0.343. The van der Waals surface area contributed by atoms with E-state index in [4.69, 9.17) is 10.5 Å². The summed E-state index contributed by atoms with van der Waals surface area (Å²) < 4.78 is 6.42. The fourth-order valence-corrected chi connectivity index (χ4v) is 1.99. The van der Waals surface area contributed by atoms with Crippen molar-refractivity contribution < 1.29 is 4.74 Å². The third-order valence-electron chi connectivity index (χ3n) is 2.52. The predicted molar refractivity (Wildman–Crippen MR) is 70.9 cm³/mol. The quantitative estimate of drug-likeness (QED) is 0.868. The molecule has 0 amide bonds. The Morgan fingerprint density at radius 1 is 1.38 bits per heavy atom. The number of hydrogen-bond acceptors (Lipinski definition) is 3. The maximum atomic E-state index is 5.50. The molecule has 0 atom stereocenters. The van der Waals surface area contributed by atoms with E-state index in [0.29, 0.717) is 6.54 Å². The highest BCUT2D eigenvalue weighted by Gasteiger charge is 2.05. The first-order chi connectivity index (χ1) is 7.67. The van der Waals surface area contributed by atoms with Gasteiger partial charge in [-0.2, -0.15) is 0 Å². The molecule has 1 rings (SSSR count). The molecule has 0 spiro atoms. The molecule has 0 saturated carbocycles. The van der Waals surface area contributed by atoms with Crippen LogP contribution in [0.15, 0.2) is 22.7 Å². The second kappa shape index (κ2) is 6.89. The van der Waals surface area contributed by atoms with Gasteiger partial charge in [-0.1, -0.05) is 15.9 Å². The zero-order valence-corrected chi connectivity index (χ0v) is 11.5. The standard InChI is InChI=1S/C12H19BrN2O/c1-15(8-6-14)7-5-10-9-11(13)3-4-12(10)16-2/h3-4,9H,5-8,14H2,1-2H3. The Hall–Kier alpha value is -0.580. The molecule has 90 valence electrons. The van der Waals surface area contributed by atoms with Crippen molar-refractivity contribution in [3.05, 3.63) is 28.2 Å². The van der Waals surface area contributed by atoms with Crippen molar-refractivity contribution >= 4 is 15.9 Å². The summed E-state index contributed by atoms with van der Waals surface area (Å²) in [5.74, 6) is 0.948. The Kier molecular flexibility index (Phi) is 5.80. The second-order valence-corrected chi connectivity index (χ2v) is 4.71. The van der Waals surface area contributed by atoms with Gasteiger partial charge in [0.15, 0.2) is 0 Å². The van der Waals surface area contributed by atoms with Gasteiger partial charge in [-0.25, -0.2) is 0 Å². The van der Waals surface area contributed by atoms with Gasteiger partial charge in [0.05, 0.1) is 7.11 Å². The van der Waals surface area contributed by atoms with Gasteiger partial charge >= 0.3 is 0 Å². The van der Waals surface area contributed by atoms with Crippen LogP contribution in [0, 0.1) is 0 Å². The van der Waals surface area contributed by atoms with Crippen molar-refractivity contribution in [2.24, 2.45) is 5.73 Å². The molecule has 0 aromatic heterocycles. The highest BCUT2D eigenvalue weighted by atomic mass is 79.9. The minimum absolute atomic E-state index is 0.701. The van der Waals surface area contributed by atoms with Gasteiger partial charge in [0.1, 0.15) is 5.75 Å². The third-order valence-corrected chi connectivity index (χ3v) is 3.01.